The highest BCUT2D eigenvalue weighted by Crippen LogP contribution is 2.43. The summed E-state index contributed by atoms with van der Waals surface area (Å²) in [6, 6.07) is 91.0. The number of anilines is 3. The van der Waals surface area contributed by atoms with Crippen molar-refractivity contribution in [2.75, 3.05) is 4.90 Å². The number of rotatable bonds is 7. The second-order valence-electron chi connectivity index (χ2n) is 16.5. The zero-order chi connectivity index (χ0) is 41.7. The molecule has 1 nitrogen and oxygen atoms in total. The number of nitrogens with zero attached hydrogens (tertiary/aromatic N) is 1. The van der Waals surface area contributed by atoms with Crippen LogP contribution in [-0.2, 0) is 0 Å². The third kappa shape index (κ3) is 6.50. The van der Waals surface area contributed by atoms with E-state index in [1.54, 1.807) is 0 Å². The van der Waals surface area contributed by atoms with Crippen LogP contribution >= 0.6 is 0 Å². The molecule has 294 valence electrons. The van der Waals surface area contributed by atoms with Gasteiger partial charge in [-0.2, -0.15) is 0 Å². The van der Waals surface area contributed by atoms with E-state index in [2.05, 4.69) is 254 Å². The molecule has 12 aromatic rings. The van der Waals surface area contributed by atoms with Gasteiger partial charge < -0.3 is 4.90 Å². The normalized spacial score (nSPS) is 11.5. The molecule has 0 fully saturated rings. The molecule has 12 rings (SSSR count). The molecule has 0 aliphatic heterocycles. The van der Waals surface area contributed by atoms with E-state index in [1.807, 2.05) is 0 Å². The lowest BCUT2D eigenvalue weighted by Crippen LogP contribution is -2.11. The van der Waals surface area contributed by atoms with Gasteiger partial charge in [0.25, 0.3) is 0 Å². The maximum atomic E-state index is 2.40. The fraction of sp³-hybridized carbons (Fsp3) is 0. The van der Waals surface area contributed by atoms with Crippen molar-refractivity contribution in [1.29, 1.82) is 0 Å². The van der Waals surface area contributed by atoms with Gasteiger partial charge in [-0.05, 0) is 141 Å². The number of fused-ring (bicyclic) bond motifs is 8. The van der Waals surface area contributed by atoms with Gasteiger partial charge in [-0.1, -0.05) is 200 Å². The fourth-order valence-electron chi connectivity index (χ4n) is 9.74. The SMILES string of the molecule is c1ccc(-c2ccccc2N(c2ccc(-c3cccc(-c4ccc5c(ccc6ccc7ccccc7c65)c4)c3)cc2)c2ccc(-c3cc4ccccc4c4ccccc34)cc2)cc1. The predicted molar refractivity (Wildman–Crippen MR) is 270 cm³/mol. The Balaban J connectivity index is 0.922. The first kappa shape index (κ1) is 36.6. The van der Waals surface area contributed by atoms with Crippen molar-refractivity contribution < 1.29 is 0 Å². The van der Waals surface area contributed by atoms with Gasteiger partial charge in [0.15, 0.2) is 0 Å². The summed E-state index contributed by atoms with van der Waals surface area (Å²) < 4.78 is 0. The van der Waals surface area contributed by atoms with Crippen molar-refractivity contribution in [1.82, 2.24) is 0 Å². The molecule has 0 aromatic heterocycles. The Morgan fingerprint density at radius 1 is 0.222 bits per heavy atom. The summed E-state index contributed by atoms with van der Waals surface area (Å²) in [6.45, 7) is 0. The van der Waals surface area contributed by atoms with Crippen molar-refractivity contribution in [3.63, 3.8) is 0 Å². The van der Waals surface area contributed by atoms with Gasteiger partial charge in [-0.15, -0.1) is 0 Å². The molecule has 1 heteroatoms. The lowest BCUT2D eigenvalue weighted by Gasteiger charge is -2.28. The number of hydrogen-bond donors (Lipinski definition) is 0. The highest BCUT2D eigenvalue weighted by atomic mass is 15.1. The minimum absolute atomic E-state index is 1.09. The molecule has 0 saturated heterocycles. The van der Waals surface area contributed by atoms with E-state index in [0.717, 1.165) is 17.1 Å². The van der Waals surface area contributed by atoms with Gasteiger partial charge in [-0.3, -0.25) is 0 Å². The van der Waals surface area contributed by atoms with E-state index in [9.17, 15) is 0 Å². The molecule has 0 aliphatic rings. The summed E-state index contributed by atoms with van der Waals surface area (Å²) in [4.78, 5) is 2.40. The topological polar surface area (TPSA) is 3.24 Å². The van der Waals surface area contributed by atoms with E-state index in [-0.39, 0.29) is 0 Å². The van der Waals surface area contributed by atoms with Crippen LogP contribution in [0.3, 0.4) is 0 Å². The van der Waals surface area contributed by atoms with E-state index >= 15 is 0 Å². The number of para-hydroxylation sites is 1. The quantitative estimate of drug-likeness (QED) is 0.145. The van der Waals surface area contributed by atoms with Crippen molar-refractivity contribution >= 4 is 70.9 Å². The van der Waals surface area contributed by atoms with E-state index in [4.69, 9.17) is 0 Å². The Morgan fingerprint density at radius 3 is 1.49 bits per heavy atom. The van der Waals surface area contributed by atoms with Gasteiger partial charge in [0.2, 0.25) is 0 Å². The Kier molecular flexibility index (Phi) is 8.90. The minimum Gasteiger partial charge on any atom is -0.310 e. The summed E-state index contributed by atoms with van der Waals surface area (Å²) in [6.07, 6.45) is 0. The molecule has 0 bridgehead atoms. The lowest BCUT2D eigenvalue weighted by atomic mass is 9.93. The average Bonchev–Trinajstić information content (AvgIpc) is 3.36. The second kappa shape index (κ2) is 15.3. The Hall–Kier alpha value is -8.26. The molecule has 0 unspecified atom stereocenters. The van der Waals surface area contributed by atoms with Gasteiger partial charge in [0.05, 0.1) is 5.69 Å². The van der Waals surface area contributed by atoms with Gasteiger partial charge >= 0.3 is 0 Å². The molecule has 0 amide bonds. The highest BCUT2D eigenvalue weighted by molar-refractivity contribution is 6.20. The highest BCUT2D eigenvalue weighted by Gasteiger charge is 2.18. The Bertz CT molecular complexity index is 3660. The van der Waals surface area contributed by atoms with Crippen molar-refractivity contribution in [3.8, 4) is 44.5 Å². The lowest BCUT2D eigenvalue weighted by molar-refractivity contribution is 1.28. The number of hydrogen-bond acceptors (Lipinski definition) is 1. The van der Waals surface area contributed by atoms with Crippen LogP contribution in [0.4, 0.5) is 17.1 Å². The van der Waals surface area contributed by atoms with Crippen LogP contribution in [0.25, 0.3) is 98.4 Å². The predicted octanol–water partition coefficient (Wildman–Crippen LogP) is 17.6. The summed E-state index contributed by atoms with van der Waals surface area (Å²) in [5, 5.41) is 12.8. The zero-order valence-electron chi connectivity index (χ0n) is 34.6. The standard InChI is InChI=1S/C62H41N/c1-2-13-43(14-3-1)55-20-10-11-24-61(55)63(53-36-31-45(32-37-53)60-41-50-16-5-6-19-54(50)58-22-8-9-23-59(58)60)52-34-29-42(30-35-52)47-17-12-18-48(39-47)49-33-38-57-51(40-49)28-27-46-26-25-44-15-4-7-21-56(44)62(46)57/h1-41H. The maximum Gasteiger partial charge on any atom is 0.0540 e. The Morgan fingerprint density at radius 2 is 0.714 bits per heavy atom. The van der Waals surface area contributed by atoms with Gasteiger partial charge in [0, 0.05) is 16.9 Å². The molecule has 0 aliphatic carbocycles. The third-order valence-electron chi connectivity index (χ3n) is 12.8. The van der Waals surface area contributed by atoms with Crippen LogP contribution in [0.15, 0.2) is 249 Å². The minimum atomic E-state index is 1.09. The molecular weight excluding hydrogens is 759 g/mol. The summed E-state index contributed by atoms with van der Waals surface area (Å²) in [5.41, 5.74) is 12.9. The first-order valence-corrected chi connectivity index (χ1v) is 21.7. The number of benzene rings is 12. The van der Waals surface area contributed by atoms with E-state index in [1.165, 1.54) is 98.4 Å². The zero-order valence-corrected chi connectivity index (χ0v) is 34.6. The first-order chi connectivity index (χ1) is 31.2. The maximum absolute atomic E-state index is 2.40. The summed E-state index contributed by atoms with van der Waals surface area (Å²) in [5.74, 6) is 0. The largest absolute Gasteiger partial charge is 0.310 e. The van der Waals surface area contributed by atoms with Crippen LogP contribution < -0.4 is 4.90 Å². The first-order valence-electron chi connectivity index (χ1n) is 21.7. The average molecular weight is 800 g/mol. The van der Waals surface area contributed by atoms with Crippen molar-refractivity contribution in [2.45, 2.75) is 0 Å². The fourth-order valence-corrected chi connectivity index (χ4v) is 9.74. The van der Waals surface area contributed by atoms with Gasteiger partial charge in [0.1, 0.15) is 0 Å². The van der Waals surface area contributed by atoms with Crippen molar-refractivity contribution in [2.24, 2.45) is 0 Å². The van der Waals surface area contributed by atoms with Crippen LogP contribution in [0.1, 0.15) is 0 Å². The van der Waals surface area contributed by atoms with Crippen LogP contribution in [-0.4, -0.2) is 0 Å². The van der Waals surface area contributed by atoms with E-state index in [0.29, 0.717) is 0 Å². The molecule has 63 heavy (non-hydrogen) atoms. The third-order valence-corrected chi connectivity index (χ3v) is 12.8. The monoisotopic (exact) mass is 799 g/mol. The van der Waals surface area contributed by atoms with Gasteiger partial charge in [-0.25, -0.2) is 0 Å². The molecular formula is C62H41N. The van der Waals surface area contributed by atoms with Crippen LogP contribution in [0.5, 0.6) is 0 Å². The smallest absolute Gasteiger partial charge is 0.0540 e. The van der Waals surface area contributed by atoms with E-state index < -0.39 is 0 Å². The second-order valence-corrected chi connectivity index (χ2v) is 16.5. The molecule has 0 N–H and O–H groups in total. The molecule has 0 spiro atoms. The molecule has 0 atom stereocenters. The summed E-state index contributed by atoms with van der Waals surface area (Å²) >= 11 is 0. The Labute approximate surface area is 367 Å². The summed E-state index contributed by atoms with van der Waals surface area (Å²) in [7, 11) is 0. The van der Waals surface area contributed by atoms with Crippen LogP contribution in [0, 0.1) is 0 Å². The van der Waals surface area contributed by atoms with Crippen LogP contribution in [0.2, 0.25) is 0 Å². The molecule has 0 saturated carbocycles. The molecule has 12 aromatic carbocycles. The molecule has 0 heterocycles. The van der Waals surface area contributed by atoms with Crippen molar-refractivity contribution in [3.05, 3.63) is 249 Å². The molecule has 0 radical (unpaired) electrons.